The van der Waals surface area contributed by atoms with Gasteiger partial charge in [-0.05, 0) is 11.6 Å². The lowest BCUT2D eigenvalue weighted by Crippen LogP contribution is -2.06. The number of aromatic amines is 1. The Labute approximate surface area is 66.4 Å². The Morgan fingerprint density at radius 3 is 2.64 bits per heavy atom. The number of aromatic hydroxyl groups is 1. The summed E-state index contributed by atoms with van der Waals surface area (Å²) in [5.74, 6) is -0.374. The Hall–Kier alpha value is -1.29. The zero-order valence-electron chi connectivity index (χ0n) is 5.30. The fourth-order valence-corrected chi connectivity index (χ4v) is 0.751. The van der Waals surface area contributed by atoms with Crippen LogP contribution in [0.25, 0.3) is 0 Å². The molecule has 4 nitrogen and oxygen atoms in total. The lowest BCUT2D eigenvalue weighted by Gasteiger charge is -1.92. The maximum atomic E-state index is 10.6. The highest BCUT2D eigenvalue weighted by Gasteiger charge is 2.03. The highest BCUT2D eigenvalue weighted by molar-refractivity contribution is 6.67. The second-order valence-corrected chi connectivity index (χ2v) is 2.24. The van der Waals surface area contributed by atoms with E-state index in [1.165, 1.54) is 0 Å². The molecule has 0 amide bonds. The van der Waals surface area contributed by atoms with Crippen LogP contribution in [0.2, 0.25) is 0 Å². The van der Waals surface area contributed by atoms with E-state index in [0.717, 1.165) is 12.1 Å². The summed E-state index contributed by atoms with van der Waals surface area (Å²) in [5, 5.41) is 8.00. The number of rotatable bonds is 1. The van der Waals surface area contributed by atoms with Gasteiger partial charge in [-0.1, -0.05) is 0 Å². The maximum Gasteiger partial charge on any atom is 0.252 e. The van der Waals surface area contributed by atoms with Crippen LogP contribution >= 0.6 is 11.6 Å². The van der Waals surface area contributed by atoms with Crippen LogP contribution in [-0.2, 0) is 0 Å². The molecule has 0 fully saturated rings. The molecule has 0 aliphatic heterocycles. The van der Waals surface area contributed by atoms with E-state index < -0.39 is 10.8 Å². The smallest absolute Gasteiger partial charge is 0.252 e. The molecule has 11 heavy (non-hydrogen) atoms. The van der Waals surface area contributed by atoms with Crippen LogP contribution in [0.1, 0.15) is 10.4 Å². The summed E-state index contributed by atoms with van der Waals surface area (Å²) in [6, 6.07) is 2.09. The molecule has 1 heterocycles. The second-order valence-electron chi connectivity index (χ2n) is 1.89. The van der Waals surface area contributed by atoms with Crippen molar-refractivity contribution >= 4 is 16.8 Å². The Morgan fingerprint density at radius 2 is 2.18 bits per heavy atom. The summed E-state index contributed by atoms with van der Waals surface area (Å²) in [6.45, 7) is 0. The highest BCUT2D eigenvalue weighted by atomic mass is 35.5. The average Bonchev–Trinajstić information content (AvgIpc) is 1.85. The van der Waals surface area contributed by atoms with Crippen LogP contribution in [-0.4, -0.2) is 15.3 Å². The molecule has 1 aromatic rings. The van der Waals surface area contributed by atoms with E-state index in [-0.39, 0.29) is 11.4 Å². The molecule has 0 unspecified atom stereocenters. The van der Waals surface area contributed by atoms with Crippen molar-refractivity contribution in [2.24, 2.45) is 0 Å². The van der Waals surface area contributed by atoms with Gasteiger partial charge in [0.05, 0.1) is 0 Å². The summed E-state index contributed by atoms with van der Waals surface area (Å²) in [4.78, 5) is 23.1. The Balaban J connectivity index is 3.30. The van der Waals surface area contributed by atoms with Crippen molar-refractivity contribution in [3.8, 4) is 5.88 Å². The largest absolute Gasteiger partial charge is 0.494 e. The van der Waals surface area contributed by atoms with E-state index >= 15 is 0 Å². The summed E-state index contributed by atoms with van der Waals surface area (Å²) in [5.41, 5.74) is -0.582. The van der Waals surface area contributed by atoms with Gasteiger partial charge in [0.25, 0.3) is 10.8 Å². The van der Waals surface area contributed by atoms with Gasteiger partial charge in [-0.25, -0.2) is 0 Å². The van der Waals surface area contributed by atoms with Gasteiger partial charge in [0, 0.05) is 17.7 Å². The lowest BCUT2D eigenvalue weighted by atomic mass is 10.3. The minimum absolute atomic E-state index is 0.0204. The van der Waals surface area contributed by atoms with Crippen LogP contribution in [0.4, 0.5) is 0 Å². The Kier molecular flexibility index (Phi) is 1.96. The molecule has 0 radical (unpaired) electrons. The molecule has 5 heteroatoms. The first-order chi connectivity index (χ1) is 5.09. The van der Waals surface area contributed by atoms with Crippen molar-refractivity contribution in [2.75, 3.05) is 0 Å². The van der Waals surface area contributed by atoms with Crippen molar-refractivity contribution in [3.05, 3.63) is 28.0 Å². The Bertz CT molecular complexity index is 344. The third-order valence-electron chi connectivity index (χ3n) is 1.06. The molecule has 58 valence electrons. The normalized spacial score (nSPS) is 9.55. The molecule has 0 aliphatic rings. The van der Waals surface area contributed by atoms with Crippen LogP contribution in [0.3, 0.4) is 0 Å². The minimum Gasteiger partial charge on any atom is -0.494 e. The monoisotopic (exact) mass is 173 g/mol. The van der Waals surface area contributed by atoms with Gasteiger partial charge in [-0.15, -0.1) is 0 Å². The summed E-state index contributed by atoms with van der Waals surface area (Å²) in [7, 11) is 0. The lowest BCUT2D eigenvalue weighted by molar-refractivity contribution is 0.108. The number of hydrogen-bond donors (Lipinski definition) is 2. The Morgan fingerprint density at radius 1 is 1.55 bits per heavy atom. The summed E-state index contributed by atoms with van der Waals surface area (Å²) >= 11 is 5.04. The first kappa shape index (κ1) is 7.81. The quantitative estimate of drug-likeness (QED) is 0.606. The molecule has 0 saturated heterocycles. The average molecular weight is 174 g/mol. The molecule has 0 aromatic carbocycles. The van der Waals surface area contributed by atoms with E-state index in [4.69, 9.17) is 16.7 Å². The van der Waals surface area contributed by atoms with Gasteiger partial charge in [0.1, 0.15) is 0 Å². The molecule has 1 aromatic heterocycles. The maximum absolute atomic E-state index is 10.6. The predicted molar refractivity (Wildman–Crippen MR) is 38.9 cm³/mol. The number of halogens is 1. The molecular formula is C6H4ClNO3. The number of aromatic nitrogens is 1. The highest BCUT2D eigenvalue weighted by Crippen LogP contribution is 2.06. The molecule has 0 bridgehead atoms. The van der Waals surface area contributed by atoms with Crippen molar-refractivity contribution < 1.29 is 9.90 Å². The van der Waals surface area contributed by atoms with E-state index in [9.17, 15) is 9.59 Å². The molecule has 0 aliphatic carbocycles. The standard InChI is InChI=1S/C6H4ClNO3/c7-6(11)3-1-4(9)8-5(10)2-3/h1-2H,(H2,8,9,10). The van der Waals surface area contributed by atoms with Crippen molar-refractivity contribution in [2.45, 2.75) is 0 Å². The van der Waals surface area contributed by atoms with Gasteiger partial charge < -0.3 is 5.11 Å². The zero-order valence-corrected chi connectivity index (χ0v) is 6.05. The van der Waals surface area contributed by atoms with Crippen LogP contribution in [0.5, 0.6) is 5.88 Å². The first-order valence-electron chi connectivity index (χ1n) is 2.73. The molecule has 0 saturated carbocycles. The minimum atomic E-state index is -0.772. The summed E-state index contributed by atoms with van der Waals surface area (Å²) in [6.07, 6.45) is 0. The van der Waals surface area contributed by atoms with Gasteiger partial charge in [0.15, 0.2) is 5.88 Å². The van der Waals surface area contributed by atoms with Gasteiger partial charge in [-0.3, -0.25) is 14.6 Å². The first-order valence-corrected chi connectivity index (χ1v) is 3.10. The topological polar surface area (TPSA) is 70.2 Å². The summed E-state index contributed by atoms with van der Waals surface area (Å²) < 4.78 is 0. The van der Waals surface area contributed by atoms with Gasteiger partial charge >= 0.3 is 0 Å². The molecular weight excluding hydrogens is 170 g/mol. The van der Waals surface area contributed by atoms with E-state index in [1.54, 1.807) is 0 Å². The zero-order chi connectivity index (χ0) is 8.43. The number of nitrogens with one attached hydrogen (secondary N) is 1. The number of carbonyl (C=O) groups is 1. The third kappa shape index (κ3) is 1.81. The molecule has 1 rings (SSSR count). The molecule has 2 N–H and O–H groups in total. The second kappa shape index (κ2) is 2.75. The van der Waals surface area contributed by atoms with Gasteiger partial charge in [0.2, 0.25) is 0 Å². The van der Waals surface area contributed by atoms with E-state index in [1.807, 2.05) is 0 Å². The van der Waals surface area contributed by atoms with E-state index in [0.29, 0.717) is 0 Å². The SMILES string of the molecule is O=C(Cl)c1cc(O)[nH]c(=O)c1. The third-order valence-corrected chi connectivity index (χ3v) is 1.28. The number of hydrogen-bond acceptors (Lipinski definition) is 3. The molecule has 0 spiro atoms. The number of H-pyrrole nitrogens is 1. The van der Waals surface area contributed by atoms with Crippen molar-refractivity contribution in [1.82, 2.24) is 4.98 Å². The van der Waals surface area contributed by atoms with Gasteiger partial charge in [-0.2, -0.15) is 0 Å². The predicted octanol–water partition coefficient (Wildman–Crippen LogP) is 0.459. The van der Waals surface area contributed by atoms with Crippen molar-refractivity contribution in [3.63, 3.8) is 0 Å². The fourth-order valence-electron chi connectivity index (χ4n) is 0.642. The van der Waals surface area contributed by atoms with Crippen LogP contribution < -0.4 is 5.56 Å². The van der Waals surface area contributed by atoms with E-state index in [2.05, 4.69) is 4.98 Å². The molecule has 0 atom stereocenters. The number of pyridine rings is 1. The van der Waals surface area contributed by atoms with Crippen LogP contribution in [0.15, 0.2) is 16.9 Å². The van der Waals surface area contributed by atoms with Crippen LogP contribution in [0, 0.1) is 0 Å². The fraction of sp³-hybridized carbons (Fsp3) is 0. The van der Waals surface area contributed by atoms with Crippen molar-refractivity contribution in [1.29, 1.82) is 0 Å². The number of carbonyl (C=O) groups excluding carboxylic acids is 1.